The van der Waals surface area contributed by atoms with Crippen molar-refractivity contribution in [1.82, 2.24) is 5.43 Å². The molecule has 0 bridgehead atoms. The number of amides is 1. The monoisotopic (exact) mass is 788 g/mol. The standard InChI is InChI=1S/C22H34O6.C21H34N2O5/c1-6-11-26-12-13-27-16-19(23)15-18(21(24)25-5)14-17-7-9-20(10-8-17)28-22(2,3)4;1-5-10-26-11-12-27-15-18(24)14-17(20(25)23-22)13-16-6-8-19(9-7-16)28-21(2,3)4/h7-10,18H,6,11-16H2,1-5H3;6-9,17H,5,10-15,22H2,1-4H3,(H,23,25)/t18-;17-/m11/s1. The third kappa shape index (κ3) is 24.6. The Balaban J connectivity index is 0.000000560. The molecule has 0 aliphatic rings. The molecule has 0 saturated carbocycles. The molecule has 2 aromatic rings. The van der Waals surface area contributed by atoms with Gasteiger partial charge in [-0.15, -0.1) is 0 Å². The van der Waals surface area contributed by atoms with Gasteiger partial charge in [-0.3, -0.25) is 24.6 Å². The molecule has 0 aliphatic carbocycles. The summed E-state index contributed by atoms with van der Waals surface area (Å²) in [5.74, 6) is 4.69. The van der Waals surface area contributed by atoms with Crippen LogP contribution < -0.4 is 20.7 Å². The van der Waals surface area contributed by atoms with Crippen LogP contribution in [0.1, 0.15) is 92.2 Å². The van der Waals surface area contributed by atoms with E-state index >= 15 is 0 Å². The topological polar surface area (TPSA) is 171 Å². The van der Waals surface area contributed by atoms with Crippen molar-refractivity contribution in [3.63, 3.8) is 0 Å². The lowest BCUT2D eigenvalue weighted by molar-refractivity contribution is -0.147. The highest BCUT2D eigenvalue weighted by atomic mass is 16.5. The molecule has 3 N–H and O–H groups in total. The number of hydrogen-bond acceptors (Lipinski definition) is 12. The minimum Gasteiger partial charge on any atom is -0.488 e. The Labute approximate surface area is 334 Å². The molecule has 0 aromatic heterocycles. The van der Waals surface area contributed by atoms with Crippen LogP contribution in [0.2, 0.25) is 0 Å². The maximum atomic E-state index is 12.2. The maximum absolute atomic E-state index is 12.2. The first-order chi connectivity index (χ1) is 26.5. The van der Waals surface area contributed by atoms with Gasteiger partial charge in [0.15, 0.2) is 11.6 Å². The van der Waals surface area contributed by atoms with Gasteiger partial charge in [0.05, 0.1) is 45.4 Å². The second-order valence-electron chi connectivity index (χ2n) is 15.4. The molecule has 2 atom stereocenters. The number of hydrazine groups is 1. The van der Waals surface area contributed by atoms with E-state index in [9.17, 15) is 19.2 Å². The minimum atomic E-state index is -0.549. The Bertz CT molecular complexity index is 1290. The fourth-order valence-electron chi connectivity index (χ4n) is 5.21. The zero-order valence-corrected chi connectivity index (χ0v) is 35.2. The Hall–Kier alpha value is -3.88. The molecule has 13 nitrogen and oxygen atoms in total. The average Bonchev–Trinajstić information content (AvgIpc) is 3.13. The SMILES string of the molecule is CCCOCCOCC(=O)C[C@@H](Cc1ccc(OC(C)(C)C)cc1)C(=O)NN.CCCOCCOCC(=O)C[C@@H](Cc1ccc(OC(C)(C)C)cc1)C(=O)OC. The van der Waals surface area contributed by atoms with Crippen LogP contribution in [0, 0.1) is 11.8 Å². The maximum Gasteiger partial charge on any atom is 0.309 e. The lowest BCUT2D eigenvalue weighted by Gasteiger charge is -2.21. The number of Topliss-reactive ketones (excluding diaryl/α,β-unsaturated/α-hetero) is 2. The molecular weight excluding hydrogens is 720 g/mol. The Morgan fingerprint density at radius 3 is 1.32 bits per heavy atom. The van der Waals surface area contributed by atoms with Crippen LogP contribution in [0.25, 0.3) is 0 Å². The second-order valence-corrected chi connectivity index (χ2v) is 15.4. The molecule has 2 rings (SSSR count). The number of methoxy groups -OCH3 is 1. The van der Waals surface area contributed by atoms with Crippen molar-refractivity contribution in [1.29, 1.82) is 0 Å². The van der Waals surface area contributed by atoms with Crippen LogP contribution in [0.3, 0.4) is 0 Å². The van der Waals surface area contributed by atoms with Gasteiger partial charge in [-0.25, -0.2) is 5.84 Å². The second kappa shape index (κ2) is 27.7. The normalized spacial score (nSPS) is 12.5. The number of ether oxygens (including phenoxy) is 7. The summed E-state index contributed by atoms with van der Waals surface area (Å²) in [4.78, 5) is 48.5. The number of esters is 1. The molecule has 316 valence electrons. The van der Waals surface area contributed by atoms with Crippen LogP contribution in [0.4, 0.5) is 0 Å². The summed E-state index contributed by atoms with van der Waals surface area (Å²) in [5.41, 5.74) is 3.46. The highest BCUT2D eigenvalue weighted by molar-refractivity contribution is 5.87. The van der Waals surface area contributed by atoms with Crippen molar-refractivity contribution < 1.29 is 52.3 Å². The van der Waals surface area contributed by atoms with Crippen molar-refractivity contribution in [3.8, 4) is 11.5 Å². The van der Waals surface area contributed by atoms with Crippen LogP contribution >= 0.6 is 0 Å². The van der Waals surface area contributed by atoms with Gasteiger partial charge in [-0.1, -0.05) is 38.1 Å². The van der Waals surface area contributed by atoms with Gasteiger partial charge in [0.2, 0.25) is 5.91 Å². The van der Waals surface area contributed by atoms with E-state index < -0.39 is 17.8 Å². The van der Waals surface area contributed by atoms with Gasteiger partial charge in [0.1, 0.15) is 35.9 Å². The van der Waals surface area contributed by atoms with E-state index in [1.165, 1.54) is 7.11 Å². The summed E-state index contributed by atoms with van der Waals surface area (Å²) in [6, 6.07) is 15.1. The van der Waals surface area contributed by atoms with E-state index in [-0.39, 0.29) is 54.7 Å². The average molecular weight is 789 g/mol. The summed E-state index contributed by atoms with van der Waals surface area (Å²) >= 11 is 0. The number of rotatable bonds is 26. The number of carbonyl (C=O) groups is 4. The first-order valence-electron chi connectivity index (χ1n) is 19.5. The molecule has 0 saturated heterocycles. The van der Waals surface area contributed by atoms with E-state index in [1.807, 2.05) is 104 Å². The highest BCUT2D eigenvalue weighted by Gasteiger charge is 2.24. The molecule has 0 aliphatic heterocycles. The van der Waals surface area contributed by atoms with E-state index in [1.54, 1.807) is 0 Å². The number of nitrogens with two attached hydrogens (primary N) is 1. The lowest BCUT2D eigenvalue weighted by Crippen LogP contribution is -2.38. The van der Waals surface area contributed by atoms with Gasteiger partial charge >= 0.3 is 5.97 Å². The van der Waals surface area contributed by atoms with Gasteiger partial charge < -0.3 is 33.2 Å². The lowest BCUT2D eigenvalue weighted by atomic mass is 9.93. The summed E-state index contributed by atoms with van der Waals surface area (Å²) in [7, 11) is 1.33. The molecule has 0 unspecified atom stereocenters. The summed E-state index contributed by atoms with van der Waals surface area (Å²) in [6.45, 7) is 18.9. The number of ketones is 2. The Morgan fingerprint density at radius 1 is 0.589 bits per heavy atom. The van der Waals surface area contributed by atoms with Gasteiger partial charge in [-0.05, 0) is 103 Å². The molecular formula is C43H68N2O11. The van der Waals surface area contributed by atoms with Crippen molar-refractivity contribution in [2.75, 3.05) is 60.0 Å². The summed E-state index contributed by atoms with van der Waals surface area (Å²) in [6.07, 6.45) is 2.88. The largest absolute Gasteiger partial charge is 0.488 e. The number of carbonyl (C=O) groups excluding carboxylic acids is 4. The zero-order valence-electron chi connectivity index (χ0n) is 35.2. The molecule has 13 heteroatoms. The zero-order chi connectivity index (χ0) is 42.0. The molecule has 1 amide bonds. The molecule has 2 aromatic carbocycles. The minimum absolute atomic E-state index is 0.0264. The van der Waals surface area contributed by atoms with Crippen LogP contribution in [-0.4, -0.2) is 94.6 Å². The summed E-state index contributed by atoms with van der Waals surface area (Å²) < 4.78 is 37.7. The molecule has 0 fully saturated rings. The molecule has 0 radical (unpaired) electrons. The van der Waals surface area contributed by atoms with Crippen LogP contribution in [0.5, 0.6) is 11.5 Å². The van der Waals surface area contributed by atoms with E-state index in [4.69, 9.17) is 39.0 Å². The predicted molar refractivity (Wildman–Crippen MR) is 215 cm³/mol. The van der Waals surface area contributed by atoms with Gasteiger partial charge in [0.25, 0.3) is 0 Å². The van der Waals surface area contributed by atoms with Crippen molar-refractivity contribution >= 4 is 23.4 Å². The number of nitrogens with one attached hydrogen (secondary N) is 1. The molecule has 0 spiro atoms. The molecule has 0 heterocycles. The van der Waals surface area contributed by atoms with Gasteiger partial charge in [0, 0.05) is 26.1 Å². The Kier molecular flexibility index (Phi) is 24.8. The van der Waals surface area contributed by atoms with Crippen LogP contribution in [0.15, 0.2) is 48.5 Å². The first-order valence-corrected chi connectivity index (χ1v) is 19.5. The van der Waals surface area contributed by atoms with E-state index in [0.29, 0.717) is 52.5 Å². The molecule has 56 heavy (non-hydrogen) atoms. The van der Waals surface area contributed by atoms with Gasteiger partial charge in [-0.2, -0.15) is 0 Å². The van der Waals surface area contributed by atoms with E-state index in [0.717, 1.165) is 35.5 Å². The van der Waals surface area contributed by atoms with Crippen molar-refractivity contribution in [3.05, 3.63) is 59.7 Å². The van der Waals surface area contributed by atoms with Crippen molar-refractivity contribution in [2.24, 2.45) is 17.7 Å². The fraction of sp³-hybridized carbons (Fsp3) is 0.628. The van der Waals surface area contributed by atoms with E-state index in [2.05, 4.69) is 5.43 Å². The highest BCUT2D eigenvalue weighted by Crippen LogP contribution is 2.23. The number of benzene rings is 2. The Morgan fingerprint density at radius 2 is 0.964 bits per heavy atom. The van der Waals surface area contributed by atoms with Crippen LogP contribution in [-0.2, 0) is 55.7 Å². The summed E-state index contributed by atoms with van der Waals surface area (Å²) in [5, 5.41) is 0. The smallest absolute Gasteiger partial charge is 0.309 e. The third-order valence-corrected chi connectivity index (χ3v) is 7.62. The first kappa shape index (κ1) is 50.1. The number of hydrogen-bond donors (Lipinski definition) is 2. The quantitative estimate of drug-likeness (QED) is 0.0375. The third-order valence-electron chi connectivity index (χ3n) is 7.62. The van der Waals surface area contributed by atoms with Crippen molar-refractivity contribution in [2.45, 2.75) is 105 Å². The predicted octanol–water partition coefficient (Wildman–Crippen LogP) is 6.01. The fourth-order valence-corrected chi connectivity index (χ4v) is 5.21.